The van der Waals surface area contributed by atoms with Crippen LogP contribution in [-0.2, 0) is 21.1 Å². The second kappa shape index (κ2) is 10.7. The third kappa shape index (κ3) is 6.26. The van der Waals surface area contributed by atoms with E-state index in [2.05, 4.69) is 22.2 Å². The Bertz CT molecular complexity index is 1310. The van der Waals surface area contributed by atoms with Gasteiger partial charge in [-0.2, -0.15) is 0 Å². The smallest absolute Gasteiger partial charge is 0.270 e. The number of unbranched alkanes of at least 4 members (excludes halogenated alkanes) is 1. The molecule has 0 spiro atoms. The predicted octanol–water partition coefficient (Wildman–Crippen LogP) is 3.95. The second-order valence-corrected chi connectivity index (χ2v) is 9.98. The fourth-order valence-electron chi connectivity index (χ4n) is 2.89. The van der Waals surface area contributed by atoms with Gasteiger partial charge in [0.2, 0.25) is 15.7 Å². The molecule has 0 atom stereocenters. The largest absolute Gasteiger partial charge is 0.323 e. The molecule has 0 aliphatic heterocycles. The molecule has 0 saturated heterocycles. The Kier molecular flexibility index (Phi) is 7.98. The Morgan fingerprint density at radius 3 is 2.55 bits per heavy atom. The molecular weight excluding hydrogens is 472 g/mol. The van der Waals surface area contributed by atoms with E-state index in [0.29, 0.717) is 0 Å². The van der Waals surface area contributed by atoms with Crippen molar-refractivity contribution in [1.29, 1.82) is 0 Å². The molecule has 1 amide bonds. The van der Waals surface area contributed by atoms with Crippen LogP contribution in [0.15, 0.2) is 68.4 Å². The van der Waals surface area contributed by atoms with Crippen LogP contribution < -0.4 is 10.9 Å². The maximum absolute atomic E-state index is 13.6. The summed E-state index contributed by atoms with van der Waals surface area (Å²) in [4.78, 5) is 30.1. The number of aromatic nitrogens is 2. The number of aromatic amines is 1. The average Bonchev–Trinajstić information content (AvgIpc) is 2.79. The Labute approximate surface area is 193 Å². The second-order valence-electron chi connectivity index (χ2n) is 7.09. The molecule has 1 heterocycles. The van der Waals surface area contributed by atoms with Crippen molar-refractivity contribution in [2.75, 3.05) is 11.1 Å². The molecule has 33 heavy (non-hydrogen) atoms. The minimum absolute atomic E-state index is 0.00345. The van der Waals surface area contributed by atoms with Crippen LogP contribution in [0.25, 0.3) is 0 Å². The van der Waals surface area contributed by atoms with Crippen molar-refractivity contribution >= 4 is 33.2 Å². The fourth-order valence-corrected chi connectivity index (χ4v) is 4.76. The van der Waals surface area contributed by atoms with Gasteiger partial charge in [-0.3, -0.25) is 9.59 Å². The number of nitrogens with zero attached hydrogens (tertiary/aromatic N) is 1. The van der Waals surface area contributed by atoms with Gasteiger partial charge < -0.3 is 10.3 Å². The van der Waals surface area contributed by atoms with Crippen LogP contribution in [0.3, 0.4) is 0 Å². The van der Waals surface area contributed by atoms with Gasteiger partial charge in [-0.25, -0.2) is 22.2 Å². The lowest BCUT2D eigenvalue weighted by molar-refractivity contribution is -0.113. The van der Waals surface area contributed by atoms with Crippen molar-refractivity contribution in [3.63, 3.8) is 0 Å². The molecule has 1 aromatic heterocycles. The van der Waals surface area contributed by atoms with Gasteiger partial charge >= 0.3 is 0 Å². The lowest BCUT2D eigenvalue weighted by Crippen LogP contribution is -2.20. The first-order chi connectivity index (χ1) is 15.7. The SMILES string of the molecule is CCCCc1ccc(S(=O)(=O)c2cnc(SCC(=O)Nc3cc(F)ccc3F)[nH]c2=O)cc1. The molecule has 174 valence electrons. The monoisotopic (exact) mass is 493 g/mol. The molecule has 3 aromatic rings. The first kappa shape index (κ1) is 24.6. The van der Waals surface area contributed by atoms with Gasteiger partial charge in [-0.1, -0.05) is 37.2 Å². The number of aryl methyl sites for hydroxylation is 1. The number of halogens is 2. The van der Waals surface area contributed by atoms with Crippen molar-refractivity contribution in [1.82, 2.24) is 9.97 Å². The van der Waals surface area contributed by atoms with Gasteiger partial charge in [-0.05, 0) is 42.7 Å². The topological polar surface area (TPSA) is 109 Å². The van der Waals surface area contributed by atoms with Gasteiger partial charge in [-0.15, -0.1) is 0 Å². The number of thioether (sulfide) groups is 1. The highest BCUT2D eigenvalue weighted by molar-refractivity contribution is 7.99. The van der Waals surface area contributed by atoms with Crippen LogP contribution in [0.1, 0.15) is 25.3 Å². The molecular formula is C22H21F2N3O4S2. The predicted molar refractivity (Wildman–Crippen MR) is 121 cm³/mol. The Balaban J connectivity index is 1.68. The fraction of sp³-hybridized carbons (Fsp3) is 0.227. The summed E-state index contributed by atoms with van der Waals surface area (Å²) in [6, 6.07) is 8.99. The lowest BCUT2D eigenvalue weighted by Gasteiger charge is -2.07. The van der Waals surface area contributed by atoms with Gasteiger partial charge in [0.25, 0.3) is 5.56 Å². The van der Waals surface area contributed by atoms with E-state index in [9.17, 15) is 26.8 Å². The number of amides is 1. The Hall–Kier alpha value is -3.05. The molecule has 2 N–H and O–H groups in total. The highest BCUT2D eigenvalue weighted by atomic mass is 32.2. The van der Waals surface area contributed by atoms with Crippen molar-refractivity contribution in [2.24, 2.45) is 0 Å². The summed E-state index contributed by atoms with van der Waals surface area (Å²) in [5.74, 6) is -2.44. The molecule has 0 aliphatic carbocycles. The number of hydrogen-bond acceptors (Lipinski definition) is 6. The van der Waals surface area contributed by atoms with Crippen molar-refractivity contribution in [3.8, 4) is 0 Å². The molecule has 0 radical (unpaired) electrons. The third-order valence-electron chi connectivity index (χ3n) is 4.63. The molecule has 0 fully saturated rings. The van der Waals surface area contributed by atoms with E-state index in [1.165, 1.54) is 12.1 Å². The van der Waals surface area contributed by atoms with Crippen LogP contribution >= 0.6 is 11.8 Å². The molecule has 7 nitrogen and oxygen atoms in total. The van der Waals surface area contributed by atoms with Gasteiger partial charge in [0.1, 0.15) is 11.6 Å². The van der Waals surface area contributed by atoms with E-state index in [4.69, 9.17) is 0 Å². The number of carbonyl (C=O) groups is 1. The zero-order chi connectivity index (χ0) is 24.0. The molecule has 3 rings (SSSR count). The lowest BCUT2D eigenvalue weighted by atomic mass is 10.1. The normalized spacial score (nSPS) is 11.4. The van der Waals surface area contributed by atoms with Gasteiger partial charge in [0, 0.05) is 6.07 Å². The van der Waals surface area contributed by atoms with Crippen molar-refractivity contribution < 1.29 is 22.0 Å². The summed E-state index contributed by atoms with van der Waals surface area (Å²) in [5, 5.41) is 2.22. The first-order valence-corrected chi connectivity index (χ1v) is 12.5. The van der Waals surface area contributed by atoms with E-state index in [1.807, 2.05) is 0 Å². The summed E-state index contributed by atoms with van der Waals surface area (Å²) in [6.45, 7) is 2.07. The highest BCUT2D eigenvalue weighted by Crippen LogP contribution is 2.20. The summed E-state index contributed by atoms with van der Waals surface area (Å²) < 4.78 is 52.5. The molecule has 0 bridgehead atoms. The Morgan fingerprint density at radius 2 is 1.88 bits per heavy atom. The number of nitrogens with one attached hydrogen (secondary N) is 2. The number of sulfone groups is 1. The number of anilines is 1. The number of carbonyl (C=O) groups excluding carboxylic acids is 1. The average molecular weight is 494 g/mol. The van der Waals surface area contributed by atoms with Gasteiger partial charge in [0.15, 0.2) is 10.1 Å². The summed E-state index contributed by atoms with van der Waals surface area (Å²) >= 11 is 0.807. The molecule has 0 unspecified atom stereocenters. The van der Waals surface area contributed by atoms with Crippen LogP contribution in [-0.4, -0.2) is 30.0 Å². The number of benzene rings is 2. The Morgan fingerprint density at radius 1 is 1.15 bits per heavy atom. The van der Waals surface area contributed by atoms with E-state index in [-0.39, 0.29) is 21.5 Å². The number of H-pyrrole nitrogens is 1. The standard InChI is InChI=1S/C22H21F2N3O4S2/c1-2-3-4-14-5-8-16(9-6-14)33(30,31)19-12-25-22(27-21(19)29)32-13-20(28)26-18-11-15(23)7-10-17(18)24/h5-12H,2-4,13H2,1H3,(H,26,28)(H,25,27,29). The zero-order valence-electron chi connectivity index (χ0n) is 17.6. The summed E-state index contributed by atoms with van der Waals surface area (Å²) in [7, 11) is -4.08. The maximum Gasteiger partial charge on any atom is 0.270 e. The quantitative estimate of drug-likeness (QED) is 0.345. The number of rotatable bonds is 9. The third-order valence-corrected chi connectivity index (χ3v) is 7.28. The number of hydrogen-bond donors (Lipinski definition) is 2. The van der Waals surface area contributed by atoms with Crippen molar-refractivity contribution in [3.05, 3.63) is 76.2 Å². The minimum atomic E-state index is -4.08. The van der Waals surface area contributed by atoms with E-state index in [0.717, 1.165) is 61.0 Å². The van der Waals surface area contributed by atoms with Gasteiger partial charge in [0.05, 0.1) is 22.5 Å². The minimum Gasteiger partial charge on any atom is -0.323 e. The van der Waals surface area contributed by atoms with Crippen LogP contribution in [0.5, 0.6) is 0 Å². The van der Waals surface area contributed by atoms with Crippen molar-refractivity contribution in [2.45, 2.75) is 41.1 Å². The van der Waals surface area contributed by atoms with E-state index >= 15 is 0 Å². The molecule has 0 saturated carbocycles. The van der Waals surface area contributed by atoms with Crippen LogP contribution in [0.2, 0.25) is 0 Å². The van der Waals surface area contributed by atoms with Crippen LogP contribution in [0, 0.1) is 11.6 Å². The molecule has 11 heteroatoms. The summed E-state index contributed by atoms with van der Waals surface area (Å²) in [5.41, 5.74) is -0.186. The van der Waals surface area contributed by atoms with E-state index < -0.39 is 37.8 Å². The van der Waals surface area contributed by atoms with Crippen LogP contribution in [0.4, 0.5) is 14.5 Å². The van der Waals surface area contributed by atoms with E-state index in [1.54, 1.807) is 12.1 Å². The first-order valence-electron chi connectivity index (χ1n) is 10.0. The maximum atomic E-state index is 13.6. The molecule has 2 aromatic carbocycles. The highest BCUT2D eigenvalue weighted by Gasteiger charge is 2.22. The summed E-state index contributed by atoms with van der Waals surface area (Å²) in [6.07, 6.45) is 3.79. The molecule has 0 aliphatic rings. The zero-order valence-corrected chi connectivity index (χ0v) is 19.2.